The van der Waals surface area contributed by atoms with E-state index < -0.39 is 0 Å². The SMILES string of the molecule is CCCCCCCc1ccc2cc3c(cc2c1)sc1cc2cc(CCCCCCC)ccc2cc13. The topological polar surface area (TPSA) is 0 Å². The van der Waals surface area contributed by atoms with Crippen molar-refractivity contribution in [2.45, 2.75) is 90.9 Å². The Morgan fingerprint density at radius 3 is 1.37 bits per heavy atom. The second kappa shape index (κ2) is 11.6. The fraction of sp³-hybridized carbons (Fsp3) is 0.412. The van der Waals surface area contributed by atoms with E-state index >= 15 is 0 Å². The molecular formula is C34H40S. The highest BCUT2D eigenvalue weighted by molar-refractivity contribution is 7.26. The Morgan fingerprint density at radius 1 is 0.457 bits per heavy atom. The van der Waals surface area contributed by atoms with Crippen LogP contribution in [0.15, 0.2) is 60.7 Å². The normalized spacial score (nSPS) is 11.9. The number of hydrogen-bond donors (Lipinski definition) is 0. The first kappa shape index (κ1) is 24.3. The van der Waals surface area contributed by atoms with Crippen molar-refractivity contribution in [2.75, 3.05) is 0 Å². The molecule has 0 atom stereocenters. The van der Waals surface area contributed by atoms with Crippen LogP contribution in [0.3, 0.4) is 0 Å². The summed E-state index contributed by atoms with van der Waals surface area (Å²) in [7, 11) is 0. The fourth-order valence-corrected chi connectivity index (χ4v) is 6.70. The van der Waals surface area contributed by atoms with Crippen molar-refractivity contribution in [3.63, 3.8) is 0 Å². The predicted molar refractivity (Wildman–Crippen MR) is 159 cm³/mol. The van der Waals surface area contributed by atoms with Crippen LogP contribution >= 0.6 is 11.3 Å². The lowest BCUT2D eigenvalue weighted by molar-refractivity contribution is 0.632. The third kappa shape index (κ3) is 5.72. The van der Waals surface area contributed by atoms with E-state index in [2.05, 4.69) is 74.5 Å². The number of benzene rings is 4. The van der Waals surface area contributed by atoms with E-state index in [4.69, 9.17) is 0 Å². The Hall–Kier alpha value is -2.38. The monoisotopic (exact) mass is 480 g/mol. The van der Waals surface area contributed by atoms with Crippen LogP contribution in [0.4, 0.5) is 0 Å². The summed E-state index contributed by atoms with van der Waals surface area (Å²) in [6, 6.07) is 24.0. The number of fused-ring (bicyclic) bond motifs is 5. The molecule has 0 saturated carbocycles. The lowest BCUT2D eigenvalue weighted by Gasteiger charge is -2.06. The molecule has 5 aromatic rings. The van der Waals surface area contributed by atoms with Crippen LogP contribution in [0, 0.1) is 0 Å². The maximum atomic E-state index is 2.43. The smallest absolute Gasteiger partial charge is 0.0361 e. The molecule has 0 fully saturated rings. The van der Waals surface area contributed by atoms with Gasteiger partial charge >= 0.3 is 0 Å². The Labute approximate surface area is 215 Å². The number of aryl methyl sites for hydroxylation is 2. The van der Waals surface area contributed by atoms with Crippen molar-refractivity contribution in [3.8, 4) is 0 Å². The lowest BCUT2D eigenvalue weighted by atomic mass is 9.99. The third-order valence-electron chi connectivity index (χ3n) is 7.65. The molecule has 0 aliphatic heterocycles. The van der Waals surface area contributed by atoms with Crippen LogP contribution in [0.5, 0.6) is 0 Å². The molecule has 1 aromatic heterocycles. The minimum Gasteiger partial charge on any atom is -0.135 e. The predicted octanol–water partition coefficient (Wildman–Crippen LogP) is 11.4. The average molecular weight is 481 g/mol. The molecule has 1 heterocycles. The van der Waals surface area contributed by atoms with Crippen LogP contribution in [0.2, 0.25) is 0 Å². The van der Waals surface area contributed by atoms with Crippen molar-refractivity contribution in [1.29, 1.82) is 0 Å². The van der Waals surface area contributed by atoms with Gasteiger partial charge in [-0.2, -0.15) is 0 Å². The van der Waals surface area contributed by atoms with Gasteiger partial charge in [-0.1, -0.05) is 102 Å². The van der Waals surface area contributed by atoms with Crippen molar-refractivity contribution in [2.24, 2.45) is 0 Å². The summed E-state index contributed by atoms with van der Waals surface area (Å²) in [5, 5.41) is 8.34. The zero-order chi connectivity index (χ0) is 24.0. The standard InChI is InChI=1S/C34H40S/c1-3-5-7-9-11-13-25-15-17-27-21-31-32-22-28-18-16-26(14-12-10-8-6-4-2)20-30(28)24-34(32)35-33(31)23-29(27)19-25/h15-24H,3-14H2,1-2H3. The minimum atomic E-state index is 1.20. The zero-order valence-corrected chi connectivity index (χ0v) is 22.5. The molecule has 0 nitrogen and oxygen atoms in total. The van der Waals surface area contributed by atoms with Crippen LogP contribution in [-0.4, -0.2) is 0 Å². The fourth-order valence-electron chi connectivity index (χ4n) is 5.54. The van der Waals surface area contributed by atoms with Crippen molar-refractivity contribution in [3.05, 3.63) is 71.8 Å². The van der Waals surface area contributed by atoms with Gasteiger partial charge in [-0.05, 0) is 82.6 Å². The first-order chi connectivity index (χ1) is 17.2. The Kier molecular flexibility index (Phi) is 8.04. The van der Waals surface area contributed by atoms with Crippen LogP contribution in [0.1, 0.15) is 89.2 Å². The van der Waals surface area contributed by atoms with Gasteiger partial charge in [-0.3, -0.25) is 0 Å². The molecule has 0 spiro atoms. The molecule has 0 aliphatic rings. The second-order valence-electron chi connectivity index (χ2n) is 10.5. The van der Waals surface area contributed by atoms with E-state index in [1.54, 1.807) is 0 Å². The summed E-state index contributed by atoms with van der Waals surface area (Å²) in [6.07, 6.45) is 15.9. The van der Waals surface area contributed by atoms with Gasteiger partial charge in [0, 0.05) is 20.2 Å². The van der Waals surface area contributed by atoms with Crippen LogP contribution in [0.25, 0.3) is 41.7 Å². The van der Waals surface area contributed by atoms with Gasteiger partial charge in [0.05, 0.1) is 0 Å². The molecule has 0 unspecified atom stereocenters. The van der Waals surface area contributed by atoms with Gasteiger partial charge in [-0.15, -0.1) is 11.3 Å². The molecule has 182 valence electrons. The van der Waals surface area contributed by atoms with Gasteiger partial charge in [0.25, 0.3) is 0 Å². The molecule has 0 aliphatic carbocycles. The summed E-state index contributed by atoms with van der Waals surface area (Å²) in [4.78, 5) is 0. The molecule has 5 rings (SSSR count). The largest absolute Gasteiger partial charge is 0.135 e. The zero-order valence-electron chi connectivity index (χ0n) is 21.7. The van der Waals surface area contributed by atoms with E-state index in [-0.39, 0.29) is 0 Å². The maximum Gasteiger partial charge on any atom is 0.0361 e. The Balaban J connectivity index is 1.39. The molecule has 4 aromatic carbocycles. The van der Waals surface area contributed by atoms with Crippen LogP contribution < -0.4 is 0 Å². The summed E-state index contributed by atoms with van der Waals surface area (Å²) < 4.78 is 2.83. The van der Waals surface area contributed by atoms with Crippen LogP contribution in [-0.2, 0) is 12.8 Å². The van der Waals surface area contributed by atoms with E-state index in [1.807, 2.05) is 11.3 Å². The lowest BCUT2D eigenvalue weighted by Crippen LogP contribution is -1.87. The van der Waals surface area contributed by atoms with Gasteiger partial charge in [-0.25, -0.2) is 0 Å². The number of rotatable bonds is 12. The molecular weight excluding hydrogens is 440 g/mol. The molecule has 0 radical (unpaired) electrons. The molecule has 0 saturated heterocycles. The van der Waals surface area contributed by atoms with Gasteiger partial charge in [0.2, 0.25) is 0 Å². The number of thiophene rings is 1. The maximum absolute atomic E-state index is 2.43. The highest BCUT2D eigenvalue weighted by Gasteiger charge is 2.09. The Morgan fingerprint density at radius 2 is 0.914 bits per heavy atom. The van der Waals surface area contributed by atoms with E-state index in [1.165, 1.54) is 130 Å². The van der Waals surface area contributed by atoms with E-state index in [9.17, 15) is 0 Å². The molecule has 0 bridgehead atoms. The quantitative estimate of drug-likeness (QED) is 0.156. The first-order valence-corrected chi connectivity index (χ1v) is 14.9. The molecule has 1 heteroatoms. The van der Waals surface area contributed by atoms with Crippen molar-refractivity contribution < 1.29 is 0 Å². The number of unbranched alkanes of at least 4 members (excludes halogenated alkanes) is 8. The average Bonchev–Trinajstić information content (AvgIpc) is 3.21. The molecule has 0 N–H and O–H groups in total. The van der Waals surface area contributed by atoms with Gasteiger partial charge < -0.3 is 0 Å². The highest BCUT2D eigenvalue weighted by Crippen LogP contribution is 2.39. The minimum absolute atomic E-state index is 1.20. The molecule has 35 heavy (non-hydrogen) atoms. The third-order valence-corrected chi connectivity index (χ3v) is 8.77. The van der Waals surface area contributed by atoms with Crippen molar-refractivity contribution in [1.82, 2.24) is 0 Å². The van der Waals surface area contributed by atoms with E-state index in [0.29, 0.717) is 0 Å². The van der Waals surface area contributed by atoms with E-state index in [0.717, 1.165) is 0 Å². The second-order valence-corrected chi connectivity index (χ2v) is 11.6. The summed E-state index contributed by atoms with van der Waals surface area (Å²) in [5.41, 5.74) is 2.98. The highest BCUT2D eigenvalue weighted by atomic mass is 32.1. The van der Waals surface area contributed by atoms with Gasteiger partial charge in [0.1, 0.15) is 0 Å². The summed E-state index contributed by atoms with van der Waals surface area (Å²) >= 11 is 1.96. The molecule has 0 amide bonds. The first-order valence-electron chi connectivity index (χ1n) is 14.1. The summed E-state index contributed by atoms with van der Waals surface area (Å²) in [6.45, 7) is 4.57. The Bertz CT molecular complexity index is 1310. The van der Waals surface area contributed by atoms with Crippen molar-refractivity contribution >= 4 is 53.1 Å². The number of hydrogen-bond acceptors (Lipinski definition) is 1. The summed E-state index contributed by atoms with van der Waals surface area (Å²) in [5.74, 6) is 0. The van der Waals surface area contributed by atoms with Gasteiger partial charge in [0.15, 0.2) is 0 Å².